The molecule has 0 unspecified atom stereocenters. The van der Waals surface area contributed by atoms with Gasteiger partial charge in [0.2, 0.25) is 0 Å². The average molecular weight is 364 g/mol. The van der Waals surface area contributed by atoms with Gasteiger partial charge in [-0.15, -0.1) is 0 Å². The van der Waals surface area contributed by atoms with E-state index >= 15 is 0 Å². The summed E-state index contributed by atoms with van der Waals surface area (Å²) in [6.07, 6.45) is 2.31. The molecular weight excluding hydrogens is 334 g/mol. The van der Waals surface area contributed by atoms with Gasteiger partial charge in [0.25, 0.3) is 5.91 Å². The number of carbonyl (C=O) groups is 1. The lowest BCUT2D eigenvalue weighted by Gasteiger charge is -2.51. The molecule has 4 nitrogen and oxygen atoms in total. The van der Waals surface area contributed by atoms with Crippen molar-refractivity contribution in [2.75, 3.05) is 46.3 Å². The van der Waals surface area contributed by atoms with Crippen LogP contribution in [0, 0.1) is 0 Å². The minimum atomic E-state index is 0.107. The van der Waals surface area contributed by atoms with E-state index in [9.17, 15) is 4.79 Å². The second kappa shape index (κ2) is 7.83. The Balaban J connectivity index is 1.50. The Kier molecular flexibility index (Phi) is 5.28. The number of benzene rings is 2. The van der Waals surface area contributed by atoms with Gasteiger partial charge in [-0.1, -0.05) is 48.5 Å². The zero-order valence-corrected chi connectivity index (χ0v) is 16.2. The molecule has 142 valence electrons. The van der Waals surface area contributed by atoms with Crippen molar-refractivity contribution in [1.82, 2.24) is 14.7 Å². The first-order valence-electron chi connectivity index (χ1n) is 10.0. The largest absolute Gasteiger partial charge is 0.336 e. The Labute approximate surface area is 162 Å². The summed E-state index contributed by atoms with van der Waals surface area (Å²) >= 11 is 0. The first-order chi connectivity index (χ1) is 13.2. The van der Waals surface area contributed by atoms with Crippen molar-refractivity contribution in [2.45, 2.75) is 18.4 Å². The number of likely N-dealkylation sites (tertiary alicyclic amines) is 1. The first kappa shape index (κ1) is 18.2. The van der Waals surface area contributed by atoms with Crippen molar-refractivity contribution in [1.29, 1.82) is 0 Å². The second-order valence-electron chi connectivity index (χ2n) is 7.85. The Morgan fingerprint density at radius 1 is 0.778 bits per heavy atom. The van der Waals surface area contributed by atoms with E-state index in [1.54, 1.807) is 0 Å². The highest BCUT2D eigenvalue weighted by molar-refractivity contribution is 5.94. The van der Waals surface area contributed by atoms with Gasteiger partial charge in [-0.2, -0.15) is 0 Å². The van der Waals surface area contributed by atoms with Crippen LogP contribution in [0.25, 0.3) is 0 Å². The minimum Gasteiger partial charge on any atom is -0.336 e. The van der Waals surface area contributed by atoms with Crippen LogP contribution in [0.4, 0.5) is 0 Å². The third kappa shape index (κ3) is 3.64. The van der Waals surface area contributed by atoms with Gasteiger partial charge in [0.15, 0.2) is 0 Å². The van der Waals surface area contributed by atoms with E-state index in [-0.39, 0.29) is 11.4 Å². The van der Waals surface area contributed by atoms with E-state index in [1.807, 2.05) is 35.2 Å². The van der Waals surface area contributed by atoms with Gasteiger partial charge in [0.05, 0.1) is 0 Å². The van der Waals surface area contributed by atoms with Crippen LogP contribution in [0.2, 0.25) is 0 Å². The maximum Gasteiger partial charge on any atom is 0.253 e. The predicted molar refractivity (Wildman–Crippen MR) is 109 cm³/mol. The first-order valence-corrected chi connectivity index (χ1v) is 10.0. The smallest absolute Gasteiger partial charge is 0.253 e. The van der Waals surface area contributed by atoms with Crippen LogP contribution in [0.5, 0.6) is 0 Å². The second-order valence-corrected chi connectivity index (χ2v) is 7.85. The van der Waals surface area contributed by atoms with Gasteiger partial charge in [-0.25, -0.2) is 0 Å². The topological polar surface area (TPSA) is 26.8 Å². The third-order valence-electron chi connectivity index (χ3n) is 6.32. The number of hydrogen-bond acceptors (Lipinski definition) is 3. The van der Waals surface area contributed by atoms with Crippen molar-refractivity contribution in [3.63, 3.8) is 0 Å². The fourth-order valence-corrected chi connectivity index (χ4v) is 4.63. The number of amides is 1. The molecule has 0 saturated carbocycles. The normalized spacial score (nSPS) is 21.1. The summed E-state index contributed by atoms with van der Waals surface area (Å²) in [6.45, 7) is 5.74. The predicted octanol–water partition coefficient (Wildman–Crippen LogP) is 3.07. The molecule has 0 N–H and O–H groups in total. The van der Waals surface area contributed by atoms with Gasteiger partial charge in [-0.05, 0) is 50.7 Å². The number of piperazine rings is 1. The quantitative estimate of drug-likeness (QED) is 0.839. The fraction of sp³-hybridized carbons (Fsp3) is 0.435. The van der Waals surface area contributed by atoms with Gasteiger partial charge in [0, 0.05) is 37.3 Å². The van der Waals surface area contributed by atoms with Crippen LogP contribution in [0.1, 0.15) is 28.8 Å². The molecule has 0 aliphatic carbocycles. The Hall–Kier alpha value is -2.17. The summed E-state index contributed by atoms with van der Waals surface area (Å²) in [5.74, 6) is 0.160. The summed E-state index contributed by atoms with van der Waals surface area (Å²) < 4.78 is 0. The van der Waals surface area contributed by atoms with Crippen LogP contribution >= 0.6 is 0 Å². The zero-order chi connectivity index (χ0) is 18.7. The fourth-order valence-electron chi connectivity index (χ4n) is 4.63. The lowest BCUT2D eigenvalue weighted by molar-refractivity contribution is -0.00752. The van der Waals surface area contributed by atoms with E-state index < -0.39 is 0 Å². The molecule has 2 aliphatic rings. The average Bonchev–Trinajstić information content (AvgIpc) is 2.75. The number of rotatable bonds is 3. The van der Waals surface area contributed by atoms with Crippen LogP contribution in [0.15, 0.2) is 60.7 Å². The van der Waals surface area contributed by atoms with Gasteiger partial charge in [-0.3, -0.25) is 9.69 Å². The molecule has 2 aromatic rings. The highest BCUT2D eigenvalue weighted by Crippen LogP contribution is 2.39. The summed E-state index contributed by atoms with van der Waals surface area (Å²) in [6, 6.07) is 20.6. The van der Waals surface area contributed by atoms with E-state index in [0.29, 0.717) is 0 Å². The molecule has 2 heterocycles. The molecule has 27 heavy (non-hydrogen) atoms. The summed E-state index contributed by atoms with van der Waals surface area (Å²) in [4.78, 5) is 19.9. The lowest BCUT2D eigenvalue weighted by Crippen LogP contribution is -2.59. The van der Waals surface area contributed by atoms with Gasteiger partial charge < -0.3 is 9.80 Å². The SMILES string of the molecule is CN1CCC(c2ccccc2)(N2CCN(C(=O)c3ccccc3)CC2)CC1. The lowest BCUT2D eigenvalue weighted by atomic mass is 9.79. The minimum absolute atomic E-state index is 0.107. The molecule has 0 bridgehead atoms. The molecule has 2 saturated heterocycles. The molecule has 4 heteroatoms. The maximum absolute atomic E-state index is 12.8. The Morgan fingerprint density at radius 2 is 1.33 bits per heavy atom. The van der Waals surface area contributed by atoms with Crippen molar-refractivity contribution in [3.05, 3.63) is 71.8 Å². The van der Waals surface area contributed by atoms with Crippen LogP contribution in [-0.2, 0) is 5.54 Å². The molecule has 0 atom stereocenters. The number of hydrogen-bond donors (Lipinski definition) is 0. The highest BCUT2D eigenvalue weighted by atomic mass is 16.2. The van der Waals surface area contributed by atoms with Crippen molar-refractivity contribution in [3.8, 4) is 0 Å². The van der Waals surface area contributed by atoms with Crippen molar-refractivity contribution < 1.29 is 4.79 Å². The molecule has 0 spiro atoms. The number of carbonyl (C=O) groups excluding carboxylic acids is 1. The van der Waals surface area contributed by atoms with E-state index in [1.165, 1.54) is 5.56 Å². The van der Waals surface area contributed by atoms with Crippen LogP contribution in [-0.4, -0.2) is 66.9 Å². The summed E-state index contributed by atoms with van der Waals surface area (Å²) in [5.41, 5.74) is 2.33. The Bertz CT molecular complexity index is 746. The van der Waals surface area contributed by atoms with Crippen LogP contribution in [0.3, 0.4) is 0 Å². The van der Waals surface area contributed by atoms with E-state index in [0.717, 1.165) is 57.7 Å². The van der Waals surface area contributed by atoms with Crippen molar-refractivity contribution in [2.24, 2.45) is 0 Å². The molecule has 0 aromatic heterocycles. The molecule has 2 aromatic carbocycles. The monoisotopic (exact) mass is 363 g/mol. The summed E-state index contributed by atoms with van der Waals surface area (Å²) in [5, 5.41) is 0. The van der Waals surface area contributed by atoms with Gasteiger partial charge >= 0.3 is 0 Å². The number of nitrogens with zero attached hydrogens (tertiary/aromatic N) is 3. The van der Waals surface area contributed by atoms with Gasteiger partial charge in [0.1, 0.15) is 0 Å². The molecule has 0 radical (unpaired) electrons. The zero-order valence-electron chi connectivity index (χ0n) is 16.2. The molecule has 1 amide bonds. The third-order valence-corrected chi connectivity index (χ3v) is 6.32. The maximum atomic E-state index is 12.8. The Morgan fingerprint density at radius 3 is 1.93 bits per heavy atom. The number of piperidine rings is 1. The van der Waals surface area contributed by atoms with E-state index in [4.69, 9.17) is 0 Å². The molecule has 2 aliphatic heterocycles. The van der Waals surface area contributed by atoms with Crippen LogP contribution < -0.4 is 0 Å². The molecular formula is C23H29N3O. The van der Waals surface area contributed by atoms with E-state index in [2.05, 4.69) is 47.2 Å². The molecule has 2 fully saturated rings. The molecule has 4 rings (SSSR count). The summed E-state index contributed by atoms with van der Waals surface area (Å²) in [7, 11) is 2.21. The van der Waals surface area contributed by atoms with Crippen molar-refractivity contribution >= 4 is 5.91 Å². The standard InChI is InChI=1S/C23H29N3O/c1-24-14-12-23(13-15-24,21-10-6-3-7-11-21)26-18-16-25(17-19-26)22(27)20-8-4-2-5-9-20/h2-11H,12-19H2,1H3. The highest BCUT2D eigenvalue weighted by Gasteiger charge is 2.42.